The van der Waals surface area contributed by atoms with E-state index in [9.17, 15) is 0 Å². The van der Waals surface area contributed by atoms with E-state index in [1.807, 2.05) is 13.8 Å². The monoisotopic (exact) mass is 219 g/mol. The molecule has 0 saturated heterocycles. The second kappa shape index (κ2) is 8.41. The molecule has 2 unspecified atom stereocenters. The zero-order chi connectivity index (χ0) is 11.0. The molecule has 0 amide bonds. The van der Waals surface area contributed by atoms with Gasteiger partial charge in [-0.05, 0) is 20.3 Å². The smallest absolute Gasteiger partial charge is 0.325 e. The first-order valence-corrected chi connectivity index (χ1v) is 7.27. The van der Waals surface area contributed by atoms with Gasteiger partial charge in [-0.15, -0.1) is 0 Å². The third-order valence-electron chi connectivity index (χ3n) is 2.39. The predicted molar refractivity (Wildman–Crippen MR) is 62.7 cm³/mol. The molecule has 0 radical (unpaired) electrons. The molecule has 2 N–H and O–H groups in total. The van der Waals surface area contributed by atoms with Gasteiger partial charge in [-0.25, -0.2) is 0 Å². The second-order valence-corrected chi connectivity index (χ2v) is 6.05. The molecule has 0 aliphatic carbocycles. The normalized spacial score (nSPS) is 15.9. The van der Waals surface area contributed by atoms with Gasteiger partial charge in [0, 0.05) is 24.8 Å². The minimum absolute atomic E-state index is 0.231. The van der Waals surface area contributed by atoms with Crippen molar-refractivity contribution in [3.63, 3.8) is 0 Å². The highest BCUT2D eigenvalue weighted by atomic mass is 28.3. The van der Waals surface area contributed by atoms with E-state index in [-0.39, 0.29) is 6.04 Å². The van der Waals surface area contributed by atoms with E-state index in [0.717, 1.165) is 26.1 Å². The lowest BCUT2D eigenvalue weighted by molar-refractivity contribution is 0.200. The first-order chi connectivity index (χ1) is 6.67. The van der Waals surface area contributed by atoms with E-state index in [0.29, 0.717) is 5.54 Å². The van der Waals surface area contributed by atoms with Gasteiger partial charge in [0.2, 0.25) is 0 Å². The molecule has 4 heteroatoms. The van der Waals surface area contributed by atoms with Gasteiger partial charge in [0.1, 0.15) is 0 Å². The van der Waals surface area contributed by atoms with Crippen LogP contribution in [-0.2, 0) is 8.85 Å². The molecule has 0 aromatic rings. The van der Waals surface area contributed by atoms with Crippen molar-refractivity contribution in [2.45, 2.75) is 52.1 Å². The maximum absolute atomic E-state index is 6.06. The van der Waals surface area contributed by atoms with Crippen LogP contribution in [-0.4, -0.2) is 28.5 Å². The summed E-state index contributed by atoms with van der Waals surface area (Å²) in [7, 11) is -1.54. The highest BCUT2D eigenvalue weighted by molar-refractivity contribution is 6.46. The van der Waals surface area contributed by atoms with Crippen molar-refractivity contribution in [2.75, 3.05) is 13.2 Å². The van der Waals surface area contributed by atoms with Crippen LogP contribution < -0.4 is 5.73 Å². The van der Waals surface area contributed by atoms with Gasteiger partial charge in [0.15, 0.2) is 0 Å². The van der Waals surface area contributed by atoms with Crippen molar-refractivity contribution in [3.05, 3.63) is 0 Å². The van der Waals surface area contributed by atoms with Crippen LogP contribution >= 0.6 is 0 Å². The summed E-state index contributed by atoms with van der Waals surface area (Å²) in [5.74, 6) is 0. The molecule has 0 saturated carbocycles. The van der Waals surface area contributed by atoms with Gasteiger partial charge in [-0.2, -0.15) is 0 Å². The highest BCUT2D eigenvalue weighted by Crippen LogP contribution is 2.18. The number of hydrogen-bond donors (Lipinski definition) is 1. The van der Waals surface area contributed by atoms with Crippen LogP contribution in [0.5, 0.6) is 0 Å². The molecule has 0 bridgehead atoms. The van der Waals surface area contributed by atoms with Crippen molar-refractivity contribution >= 4 is 9.28 Å². The fourth-order valence-corrected chi connectivity index (χ4v) is 3.43. The van der Waals surface area contributed by atoms with Crippen LogP contribution in [0, 0.1) is 0 Å². The minimum atomic E-state index is -1.54. The Hall–Kier alpha value is 0.0969. The summed E-state index contributed by atoms with van der Waals surface area (Å²) in [6.45, 7) is 9.81. The molecular formula is C10H25NO2Si. The first kappa shape index (κ1) is 14.1. The zero-order valence-electron chi connectivity index (χ0n) is 9.95. The maximum Gasteiger partial charge on any atom is 0.325 e. The molecule has 0 spiro atoms. The van der Waals surface area contributed by atoms with Crippen LogP contribution in [0.4, 0.5) is 0 Å². The van der Waals surface area contributed by atoms with E-state index in [1.54, 1.807) is 0 Å². The standard InChI is InChI=1S/C10H25NO2Si/c1-5-8-10(11)9(4)14(12-6-2)13-7-3/h9-10,14H,5-8,11H2,1-4H3. The molecular weight excluding hydrogens is 194 g/mol. The van der Waals surface area contributed by atoms with Crippen LogP contribution in [0.25, 0.3) is 0 Å². The van der Waals surface area contributed by atoms with Crippen molar-refractivity contribution in [1.29, 1.82) is 0 Å². The van der Waals surface area contributed by atoms with Crippen LogP contribution in [0.1, 0.15) is 40.5 Å². The quantitative estimate of drug-likeness (QED) is 0.633. The molecule has 0 aromatic heterocycles. The third kappa shape index (κ3) is 5.10. The van der Waals surface area contributed by atoms with Crippen molar-refractivity contribution in [1.82, 2.24) is 0 Å². The SMILES string of the molecule is CCCC(N)C(C)[SiH](OCC)OCC. The van der Waals surface area contributed by atoms with Crippen LogP contribution in [0.2, 0.25) is 5.54 Å². The fourth-order valence-electron chi connectivity index (χ4n) is 1.48. The van der Waals surface area contributed by atoms with E-state index in [1.165, 1.54) is 0 Å². The largest absolute Gasteiger partial charge is 0.397 e. The Morgan fingerprint density at radius 1 is 1.14 bits per heavy atom. The topological polar surface area (TPSA) is 44.5 Å². The summed E-state index contributed by atoms with van der Waals surface area (Å²) in [5, 5.41) is 0. The molecule has 0 aromatic carbocycles. The summed E-state index contributed by atoms with van der Waals surface area (Å²) in [6.07, 6.45) is 2.19. The summed E-state index contributed by atoms with van der Waals surface area (Å²) in [4.78, 5) is 0. The Bertz CT molecular complexity index is 129. The molecule has 2 atom stereocenters. The summed E-state index contributed by atoms with van der Waals surface area (Å²) in [5.41, 5.74) is 6.46. The Balaban J connectivity index is 4.03. The van der Waals surface area contributed by atoms with Crippen molar-refractivity contribution in [3.8, 4) is 0 Å². The highest BCUT2D eigenvalue weighted by Gasteiger charge is 2.26. The zero-order valence-corrected chi connectivity index (χ0v) is 11.1. The van der Waals surface area contributed by atoms with E-state index in [4.69, 9.17) is 14.6 Å². The second-order valence-electron chi connectivity index (χ2n) is 3.59. The molecule has 0 rings (SSSR count). The lowest BCUT2D eigenvalue weighted by Gasteiger charge is -2.26. The van der Waals surface area contributed by atoms with Crippen LogP contribution in [0.15, 0.2) is 0 Å². The average molecular weight is 219 g/mol. The lowest BCUT2D eigenvalue weighted by Crippen LogP contribution is -2.38. The summed E-state index contributed by atoms with van der Waals surface area (Å²) in [6, 6.07) is 0.231. The lowest BCUT2D eigenvalue weighted by atomic mass is 10.1. The van der Waals surface area contributed by atoms with Gasteiger partial charge in [0.05, 0.1) is 0 Å². The van der Waals surface area contributed by atoms with Crippen LogP contribution in [0.3, 0.4) is 0 Å². The Labute approximate surface area is 89.8 Å². The van der Waals surface area contributed by atoms with Gasteiger partial charge in [0.25, 0.3) is 0 Å². The molecule has 0 aliphatic heterocycles. The third-order valence-corrected chi connectivity index (χ3v) is 5.07. The summed E-state index contributed by atoms with van der Waals surface area (Å²) >= 11 is 0. The van der Waals surface area contributed by atoms with Gasteiger partial charge in [-0.3, -0.25) is 0 Å². The van der Waals surface area contributed by atoms with E-state index in [2.05, 4.69) is 13.8 Å². The maximum atomic E-state index is 6.06. The molecule has 3 nitrogen and oxygen atoms in total. The van der Waals surface area contributed by atoms with E-state index >= 15 is 0 Å². The minimum Gasteiger partial charge on any atom is -0.397 e. The Morgan fingerprint density at radius 3 is 2.00 bits per heavy atom. The first-order valence-electron chi connectivity index (χ1n) is 5.66. The molecule has 86 valence electrons. The molecule has 0 heterocycles. The average Bonchev–Trinajstić information content (AvgIpc) is 2.17. The Morgan fingerprint density at radius 2 is 1.64 bits per heavy atom. The Kier molecular flexibility index (Phi) is 8.47. The van der Waals surface area contributed by atoms with Gasteiger partial charge < -0.3 is 14.6 Å². The van der Waals surface area contributed by atoms with Crippen molar-refractivity contribution < 1.29 is 8.85 Å². The number of nitrogens with two attached hydrogens (primary N) is 1. The summed E-state index contributed by atoms with van der Waals surface area (Å²) < 4.78 is 11.3. The fraction of sp³-hybridized carbons (Fsp3) is 1.00. The number of rotatable bonds is 8. The van der Waals surface area contributed by atoms with Crippen molar-refractivity contribution in [2.24, 2.45) is 5.73 Å². The molecule has 0 fully saturated rings. The van der Waals surface area contributed by atoms with E-state index < -0.39 is 9.28 Å². The van der Waals surface area contributed by atoms with Gasteiger partial charge in [-0.1, -0.05) is 20.3 Å². The molecule has 0 aliphatic rings. The molecule has 14 heavy (non-hydrogen) atoms. The number of hydrogen-bond acceptors (Lipinski definition) is 3. The predicted octanol–water partition coefficient (Wildman–Crippen LogP) is 1.80. The van der Waals surface area contributed by atoms with Gasteiger partial charge >= 0.3 is 9.28 Å².